The lowest BCUT2D eigenvalue weighted by Crippen LogP contribution is -2.30. The first kappa shape index (κ1) is 50.4. The highest BCUT2D eigenvalue weighted by molar-refractivity contribution is 5.71. The maximum atomic E-state index is 12.5. The summed E-state index contributed by atoms with van der Waals surface area (Å²) < 4.78 is 16.6. The van der Waals surface area contributed by atoms with Crippen molar-refractivity contribution in [1.82, 2.24) is 0 Å². The van der Waals surface area contributed by atoms with Gasteiger partial charge in [0.05, 0.1) is 0 Å². The average molecular weight is 737 g/mol. The third kappa shape index (κ3) is 39.6. The van der Waals surface area contributed by atoms with Gasteiger partial charge in [0.25, 0.3) is 0 Å². The van der Waals surface area contributed by atoms with Crippen LogP contribution in [0.15, 0.2) is 0 Å². The molecule has 0 rings (SSSR count). The second kappa shape index (κ2) is 42.2. The number of carbonyl (C=O) groups excluding carboxylic acids is 3. The van der Waals surface area contributed by atoms with Gasteiger partial charge in [-0.15, -0.1) is 0 Å². The maximum absolute atomic E-state index is 12.5. The summed E-state index contributed by atoms with van der Waals surface area (Å²) in [4.78, 5) is 37.4. The fourth-order valence-corrected chi connectivity index (χ4v) is 6.85. The average Bonchev–Trinajstić information content (AvgIpc) is 3.14. The Hall–Kier alpha value is -1.59. The van der Waals surface area contributed by atoms with E-state index < -0.39 is 6.10 Å². The lowest BCUT2D eigenvalue weighted by atomic mass is 10.0. The summed E-state index contributed by atoms with van der Waals surface area (Å²) in [6, 6.07) is 0. The topological polar surface area (TPSA) is 78.9 Å². The number of ether oxygens (including phenoxy) is 3. The summed E-state index contributed by atoms with van der Waals surface area (Å²) in [5.41, 5.74) is 0. The van der Waals surface area contributed by atoms with Gasteiger partial charge >= 0.3 is 17.9 Å². The fraction of sp³-hybridized carbons (Fsp3) is 0.935. The van der Waals surface area contributed by atoms with Crippen molar-refractivity contribution in [3.05, 3.63) is 0 Å². The van der Waals surface area contributed by atoms with Gasteiger partial charge < -0.3 is 14.2 Å². The van der Waals surface area contributed by atoms with Crippen LogP contribution in [0.25, 0.3) is 0 Å². The predicted octanol–water partition coefficient (Wildman–Crippen LogP) is 14.5. The quantitative estimate of drug-likeness (QED) is 0.0353. The van der Waals surface area contributed by atoms with Crippen LogP contribution in [0, 0.1) is 0 Å². The molecule has 0 aliphatic carbocycles. The Balaban J connectivity index is 4.10. The maximum Gasteiger partial charge on any atom is 0.306 e. The van der Waals surface area contributed by atoms with Gasteiger partial charge in [-0.05, 0) is 19.3 Å². The Kier molecular flexibility index (Phi) is 40.9. The first-order chi connectivity index (χ1) is 25.5. The minimum atomic E-state index is -0.756. The molecule has 0 radical (unpaired) electrons. The van der Waals surface area contributed by atoms with E-state index in [1.54, 1.807) is 0 Å². The molecular weight excluding hydrogens is 649 g/mol. The monoisotopic (exact) mass is 737 g/mol. The second-order valence-corrected chi connectivity index (χ2v) is 15.7. The third-order valence-corrected chi connectivity index (χ3v) is 10.4. The van der Waals surface area contributed by atoms with Crippen molar-refractivity contribution in [3.63, 3.8) is 0 Å². The van der Waals surface area contributed by atoms with Gasteiger partial charge in [-0.3, -0.25) is 14.4 Å². The number of unbranched alkanes of at least 4 members (excludes halogenated alkanes) is 31. The summed E-state index contributed by atoms with van der Waals surface area (Å²) >= 11 is 0. The Bertz CT molecular complexity index is 768. The molecule has 0 spiro atoms. The van der Waals surface area contributed by atoms with Crippen LogP contribution in [0.5, 0.6) is 0 Å². The molecule has 308 valence electrons. The van der Waals surface area contributed by atoms with Crippen LogP contribution in [-0.2, 0) is 28.6 Å². The van der Waals surface area contributed by atoms with Crippen molar-refractivity contribution in [2.75, 3.05) is 13.2 Å². The molecule has 0 aromatic heterocycles. The van der Waals surface area contributed by atoms with Crippen LogP contribution in [0.2, 0.25) is 0 Å². The van der Waals surface area contributed by atoms with Crippen molar-refractivity contribution in [3.8, 4) is 0 Å². The highest BCUT2D eigenvalue weighted by Crippen LogP contribution is 2.16. The standard InChI is InChI=1S/C46H88O6/c1-4-7-10-13-15-17-19-21-22-23-24-25-27-29-31-34-36-39-45(48)51-42-43(52-46(49)40-37-32-12-9-6-3)41-50-44(47)38-35-33-30-28-26-20-18-16-14-11-8-5-2/h43H,4-42H2,1-3H3/t43-/m1/s1. The molecule has 52 heavy (non-hydrogen) atoms. The highest BCUT2D eigenvalue weighted by atomic mass is 16.6. The third-order valence-electron chi connectivity index (χ3n) is 10.4. The molecule has 0 bridgehead atoms. The van der Waals surface area contributed by atoms with E-state index in [1.807, 2.05) is 0 Å². The van der Waals surface area contributed by atoms with Gasteiger partial charge in [0.1, 0.15) is 13.2 Å². The molecule has 0 saturated heterocycles. The van der Waals surface area contributed by atoms with E-state index in [0.29, 0.717) is 19.3 Å². The molecule has 0 aromatic carbocycles. The van der Waals surface area contributed by atoms with Crippen molar-refractivity contribution < 1.29 is 28.6 Å². The Morgan fingerprint density at radius 2 is 0.519 bits per heavy atom. The van der Waals surface area contributed by atoms with Crippen molar-refractivity contribution in [1.29, 1.82) is 0 Å². The van der Waals surface area contributed by atoms with Gasteiger partial charge in [0.2, 0.25) is 0 Å². The molecule has 0 unspecified atom stereocenters. The van der Waals surface area contributed by atoms with E-state index in [4.69, 9.17) is 14.2 Å². The number of rotatable bonds is 42. The van der Waals surface area contributed by atoms with Crippen molar-refractivity contribution in [2.45, 2.75) is 264 Å². The van der Waals surface area contributed by atoms with Crippen LogP contribution in [-0.4, -0.2) is 37.2 Å². The molecule has 0 aromatic rings. The molecule has 6 heteroatoms. The lowest BCUT2D eigenvalue weighted by molar-refractivity contribution is -0.167. The zero-order chi connectivity index (χ0) is 38.0. The summed E-state index contributed by atoms with van der Waals surface area (Å²) in [6.45, 7) is 6.57. The fourth-order valence-electron chi connectivity index (χ4n) is 6.85. The number of esters is 3. The van der Waals surface area contributed by atoms with Crippen LogP contribution in [0.4, 0.5) is 0 Å². The minimum absolute atomic E-state index is 0.0642. The molecule has 0 heterocycles. The molecule has 0 aliphatic heterocycles. The van der Waals surface area contributed by atoms with E-state index in [1.165, 1.54) is 154 Å². The summed E-state index contributed by atoms with van der Waals surface area (Å²) in [6.07, 6.45) is 42.6. The van der Waals surface area contributed by atoms with E-state index in [2.05, 4.69) is 20.8 Å². The molecule has 0 saturated carbocycles. The molecule has 0 N–H and O–H groups in total. The minimum Gasteiger partial charge on any atom is -0.462 e. The molecule has 0 aliphatic rings. The van der Waals surface area contributed by atoms with E-state index in [-0.39, 0.29) is 31.1 Å². The summed E-state index contributed by atoms with van der Waals surface area (Å²) in [5, 5.41) is 0. The second-order valence-electron chi connectivity index (χ2n) is 15.7. The van der Waals surface area contributed by atoms with Gasteiger partial charge in [-0.1, -0.05) is 220 Å². The van der Waals surface area contributed by atoms with Crippen LogP contribution >= 0.6 is 0 Å². The molecule has 6 nitrogen and oxygen atoms in total. The number of hydrogen-bond acceptors (Lipinski definition) is 6. The van der Waals surface area contributed by atoms with Crippen molar-refractivity contribution >= 4 is 17.9 Å². The summed E-state index contributed by atoms with van der Waals surface area (Å²) in [5.74, 6) is -0.866. The SMILES string of the molecule is CCCCCCCCCCCCCCCCCCCC(=O)OC[C@@H](COC(=O)CCCCCCCCCCCCCC)OC(=O)CCCCCCC. The Labute approximate surface area is 323 Å². The normalized spacial score (nSPS) is 11.8. The van der Waals surface area contributed by atoms with Gasteiger partial charge in [-0.25, -0.2) is 0 Å². The van der Waals surface area contributed by atoms with Crippen LogP contribution in [0.1, 0.15) is 258 Å². The zero-order valence-electron chi connectivity index (χ0n) is 35.1. The highest BCUT2D eigenvalue weighted by Gasteiger charge is 2.19. The molecular formula is C46H88O6. The van der Waals surface area contributed by atoms with Gasteiger partial charge in [0.15, 0.2) is 6.10 Å². The largest absolute Gasteiger partial charge is 0.462 e. The van der Waals surface area contributed by atoms with Crippen LogP contribution < -0.4 is 0 Å². The first-order valence-corrected chi connectivity index (χ1v) is 23.0. The predicted molar refractivity (Wildman–Crippen MR) is 220 cm³/mol. The number of hydrogen-bond donors (Lipinski definition) is 0. The summed E-state index contributed by atoms with van der Waals surface area (Å²) in [7, 11) is 0. The lowest BCUT2D eigenvalue weighted by Gasteiger charge is -2.18. The Morgan fingerprint density at radius 1 is 0.308 bits per heavy atom. The molecule has 0 fully saturated rings. The number of carbonyl (C=O) groups is 3. The van der Waals surface area contributed by atoms with Crippen LogP contribution in [0.3, 0.4) is 0 Å². The first-order valence-electron chi connectivity index (χ1n) is 23.0. The molecule has 1 atom stereocenters. The van der Waals surface area contributed by atoms with Gasteiger partial charge in [-0.2, -0.15) is 0 Å². The Morgan fingerprint density at radius 3 is 0.769 bits per heavy atom. The smallest absolute Gasteiger partial charge is 0.306 e. The van der Waals surface area contributed by atoms with E-state index in [9.17, 15) is 14.4 Å². The molecule has 0 amide bonds. The van der Waals surface area contributed by atoms with Gasteiger partial charge in [0, 0.05) is 19.3 Å². The van der Waals surface area contributed by atoms with Crippen molar-refractivity contribution in [2.24, 2.45) is 0 Å². The van der Waals surface area contributed by atoms with E-state index >= 15 is 0 Å². The van der Waals surface area contributed by atoms with E-state index in [0.717, 1.165) is 64.2 Å². The zero-order valence-corrected chi connectivity index (χ0v) is 35.1.